The average molecular weight is 464 g/mol. The number of halogens is 1. The van der Waals surface area contributed by atoms with Crippen LogP contribution < -0.4 is 4.72 Å². The Morgan fingerprint density at radius 2 is 1.58 bits per heavy atom. The third-order valence-corrected chi connectivity index (χ3v) is 7.52. The molecule has 31 heavy (non-hydrogen) atoms. The van der Waals surface area contributed by atoms with Crippen molar-refractivity contribution in [3.05, 3.63) is 64.7 Å². The van der Waals surface area contributed by atoms with Crippen LogP contribution in [-0.2, 0) is 21.2 Å². The van der Waals surface area contributed by atoms with Crippen molar-refractivity contribution in [1.29, 1.82) is 0 Å². The van der Waals surface area contributed by atoms with E-state index in [9.17, 15) is 18.0 Å². The number of carbonyl (C=O) groups excluding carboxylic acids is 1. The molecule has 1 fully saturated rings. The molecule has 1 aliphatic rings. The van der Waals surface area contributed by atoms with E-state index in [1.54, 1.807) is 24.3 Å². The lowest BCUT2D eigenvalue weighted by atomic mass is 9.80. The van der Waals surface area contributed by atoms with E-state index in [4.69, 9.17) is 16.7 Å². The van der Waals surface area contributed by atoms with E-state index in [0.29, 0.717) is 23.6 Å². The van der Waals surface area contributed by atoms with Crippen molar-refractivity contribution in [3.63, 3.8) is 0 Å². The fourth-order valence-electron chi connectivity index (χ4n) is 4.09. The first-order chi connectivity index (χ1) is 14.7. The van der Waals surface area contributed by atoms with Crippen LogP contribution >= 0.6 is 11.6 Å². The first-order valence-corrected chi connectivity index (χ1v) is 12.1. The fourth-order valence-corrected chi connectivity index (χ4v) is 5.38. The predicted molar refractivity (Wildman–Crippen MR) is 119 cm³/mol. The van der Waals surface area contributed by atoms with Gasteiger partial charge in [0.15, 0.2) is 5.78 Å². The van der Waals surface area contributed by atoms with Crippen molar-refractivity contribution in [1.82, 2.24) is 4.72 Å². The number of carboxylic acids is 1. The Balaban J connectivity index is 1.67. The maximum absolute atomic E-state index is 12.7. The fraction of sp³-hybridized carbons (Fsp3) is 0.391. The Hall–Kier alpha value is -2.22. The molecule has 0 bridgehead atoms. The third kappa shape index (κ3) is 6.38. The summed E-state index contributed by atoms with van der Waals surface area (Å²) in [4.78, 5) is 22.9. The van der Waals surface area contributed by atoms with E-state index in [2.05, 4.69) is 4.72 Å². The van der Waals surface area contributed by atoms with Crippen molar-refractivity contribution < 1.29 is 23.1 Å². The number of hydrogen-bond donors (Lipinski definition) is 2. The second kappa shape index (κ2) is 9.94. The first-order valence-electron chi connectivity index (χ1n) is 10.3. The standard InChI is InChI=1S/C23H26ClNO5S/c24-19-7-9-20(10-8-19)31(29,30)25-16-23(13-1-2-14-23)15-17-3-5-18(6-4-17)21(26)11-12-22(27)28/h3-10,25H,1-2,11-16H2,(H,27,28). The van der Waals surface area contributed by atoms with Crippen LogP contribution in [0.2, 0.25) is 5.02 Å². The highest BCUT2D eigenvalue weighted by atomic mass is 35.5. The molecule has 0 spiro atoms. The molecular formula is C23H26ClNO5S. The Labute approximate surface area is 187 Å². The smallest absolute Gasteiger partial charge is 0.303 e. The molecule has 6 nitrogen and oxygen atoms in total. The number of nitrogens with one attached hydrogen (secondary N) is 1. The molecule has 1 saturated carbocycles. The second-order valence-electron chi connectivity index (χ2n) is 8.18. The maximum atomic E-state index is 12.7. The van der Waals surface area contributed by atoms with Gasteiger partial charge in [0.05, 0.1) is 11.3 Å². The lowest BCUT2D eigenvalue weighted by Crippen LogP contribution is -2.37. The van der Waals surface area contributed by atoms with E-state index in [1.165, 1.54) is 12.1 Å². The van der Waals surface area contributed by atoms with E-state index >= 15 is 0 Å². The summed E-state index contributed by atoms with van der Waals surface area (Å²) in [6.45, 7) is 0.344. The summed E-state index contributed by atoms with van der Waals surface area (Å²) in [5.74, 6) is -1.19. The minimum atomic E-state index is -3.63. The highest BCUT2D eigenvalue weighted by molar-refractivity contribution is 7.89. The molecule has 3 rings (SSSR count). The molecule has 166 valence electrons. The maximum Gasteiger partial charge on any atom is 0.303 e. The van der Waals surface area contributed by atoms with Crippen molar-refractivity contribution in [2.45, 2.75) is 49.8 Å². The Morgan fingerprint density at radius 1 is 0.968 bits per heavy atom. The van der Waals surface area contributed by atoms with E-state index in [0.717, 1.165) is 31.2 Å². The van der Waals surface area contributed by atoms with Crippen LogP contribution in [0.15, 0.2) is 53.4 Å². The number of rotatable bonds is 10. The number of hydrogen-bond acceptors (Lipinski definition) is 4. The summed E-state index contributed by atoms with van der Waals surface area (Å²) in [5, 5.41) is 9.21. The third-order valence-electron chi connectivity index (χ3n) is 5.85. The van der Waals surface area contributed by atoms with Crippen LogP contribution in [0.3, 0.4) is 0 Å². The largest absolute Gasteiger partial charge is 0.481 e. The Morgan fingerprint density at radius 3 is 2.16 bits per heavy atom. The number of aliphatic carboxylic acids is 1. The minimum absolute atomic E-state index is 0.0227. The van der Waals surface area contributed by atoms with Gasteiger partial charge in [0.25, 0.3) is 0 Å². The topological polar surface area (TPSA) is 101 Å². The number of sulfonamides is 1. The zero-order valence-electron chi connectivity index (χ0n) is 17.1. The van der Waals surface area contributed by atoms with Gasteiger partial charge in [0, 0.05) is 23.6 Å². The van der Waals surface area contributed by atoms with Gasteiger partial charge in [-0.1, -0.05) is 48.7 Å². The van der Waals surface area contributed by atoms with E-state index in [1.807, 2.05) is 12.1 Å². The average Bonchev–Trinajstić information content (AvgIpc) is 3.20. The second-order valence-corrected chi connectivity index (χ2v) is 10.4. The van der Waals surface area contributed by atoms with Gasteiger partial charge < -0.3 is 5.11 Å². The molecular weight excluding hydrogens is 438 g/mol. The number of Topliss-reactive ketones (excluding diaryl/α,β-unsaturated/α-hetero) is 1. The number of carboxylic acid groups (broad SMARTS) is 1. The molecule has 0 saturated heterocycles. The quantitative estimate of drug-likeness (QED) is 0.506. The summed E-state index contributed by atoms with van der Waals surface area (Å²) in [6.07, 6.45) is 4.45. The number of ketones is 1. The highest BCUT2D eigenvalue weighted by Gasteiger charge is 2.35. The van der Waals surface area contributed by atoms with Crippen LogP contribution in [0.5, 0.6) is 0 Å². The SMILES string of the molecule is O=C(O)CCC(=O)c1ccc(CC2(CNS(=O)(=O)c3ccc(Cl)cc3)CCCC2)cc1. The lowest BCUT2D eigenvalue weighted by Gasteiger charge is -2.29. The minimum Gasteiger partial charge on any atom is -0.481 e. The van der Waals surface area contributed by atoms with E-state index < -0.39 is 16.0 Å². The molecule has 0 radical (unpaired) electrons. The van der Waals surface area contributed by atoms with Gasteiger partial charge in [-0.3, -0.25) is 9.59 Å². The van der Waals surface area contributed by atoms with E-state index in [-0.39, 0.29) is 28.9 Å². The molecule has 2 aromatic carbocycles. The van der Waals surface area contributed by atoms with Gasteiger partial charge in [0.1, 0.15) is 0 Å². The van der Waals surface area contributed by atoms with Crippen LogP contribution in [0.25, 0.3) is 0 Å². The molecule has 0 atom stereocenters. The predicted octanol–water partition coefficient (Wildman–Crippen LogP) is 4.47. The summed E-state index contributed by atoms with van der Waals surface area (Å²) in [5.41, 5.74) is 1.35. The van der Waals surface area contributed by atoms with Crippen LogP contribution in [0.4, 0.5) is 0 Å². The first kappa shape index (κ1) is 23.4. The molecule has 0 unspecified atom stereocenters. The molecule has 2 aromatic rings. The van der Waals surface area contributed by atoms with Gasteiger partial charge in [-0.15, -0.1) is 0 Å². The summed E-state index contributed by atoms with van der Waals surface area (Å²) in [7, 11) is -3.63. The summed E-state index contributed by atoms with van der Waals surface area (Å²) < 4.78 is 28.2. The van der Waals surface area contributed by atoms with Gasteiger partial charge >= 0.3 is 5.97 Å². The molecule has 2 N–H and O–H groups in total. The monoisotopic (exact) mass is 463 g/mol. The zero-order valence-corrected chi connectivity index (χ0v) is 18.7. The van der Waals surface area contributed by atoms with Crippen LogP contribution in [0.1, 0.15) is 54.4 Å². The molecule has 8 heteroatoms. The normalized spacial score (nSPS) is 15.6. The van der Waals surface area contributed by atoms with Crippen molar-refractivity contribution in [2.24, 2.45) is 5.41 Å². The molecule has 1 aliphatic carbocycles. The molecule has 0 amide bonds. The van der Waals surface area contributed by atoms with Crippen LogP contribution in [-0.4, -0.2) is 31.8 Å². The molecule has 0 aliphatic heterocycles. The van der Waals surface area contributed by atoms with Crippen molar-refractivity contribution in [3.8, 4) is 0 Å². The Kier molecular flexibility index (Phi) is 7.51. The van der Waals surface area contributed by atoms with Crippen molar-refractivity contribution >= 4 is 33.4 Å². The van der Waals surface area contributed by atoms with Gasteiger partial charge in [0.2, 0.25) is 10.0 Å². The molecule has 0 aromatic heterocycles. The van der Waals surface area contributed by atoms with Gasteiger partial charge in [-0.25, -0.2) is 13.1 Å². The lowest BCUT2D eigenvalue weighted by molar-refractivity contribution is -0.136. The van der Waals surface area contributed by atoms with Gasteiger partial charge in [-0.2, -0.15) is 0 Å². The Bertz CT molecular complexity index is 1030. The number of benzene rings is 2. The molecule has 0 heterocycles. The number of carbonyl (C=O) groups is 2. The van der Waals surface area contributed by atoms with Crippen LogP contribution in [0, 0.1) is 5.41 Å². The highest BCUT2D eigenvalue weighted by Crippen LogP contribution is 2.40. The zero-order chi connectivity index (χ0) is 22.5. The van der Waals surface area contributed by atoms with Gasteiger partial charge in [-0.05, 0) is 54.5 Å². The van der Waals surface area contributed by atoms with Crippen molar-refractivity contribution in [2.75, 3.05) is 6.54 Å². The summed E-state index contributed by atoms with van der Waals surface area (Å²) >= 11 is 5.85. The summed E-state index contributed by atoms with van der Waals surface area (Å²) in [6, 6.07) is 13.3.